The normalized spacial score (nSPS) is 14.8. The zero-order valence-electron chi connectivity index (χ0n) is 28.0. The first-order valence-electron chi connectivity index (χ1n) is 17.4. The second kappa shape index (κ2) is 11.5. The monoisotopic (exact) mass is 652 g/mol. The van der Waals surface area contributed by atoms with Crippen LogP contribution in [0.15, 0.2) is 180 Å². The molecule has 0 N–H and O–H groups in total. The predicted octanol–water partition coefficient (Wildman–Crippen LogP) is 12.4. The number of hydrogen-bond acceptors (Lipinski definition) is 3. The van der Waals surface area contributed by atoms with Gasteiger partial charge in [-0.1, -0.05) is 158 Å². The fourth-order valence-electron chi connectivity index (χ4n) is 8.00. The van der Waals surface area contributed by atoms with Crippen LogP contribution in [0.2, 0.25) is 0 Å². The molecule has 2 heterocycles. The highest BCUT2D eigenvalue weighted by molar-refractivity contribution is 6.09. The Hall–Kier alpha value is -6.58. The van der Waals surface area contributed by atoms with Crippen LogP contribution in [0.25, 0.3) is 78.1 Å². The van der Waals surface area contributed by atoms with Crippen LogP contribution in [0, 0.1) is 0 Å². The Morgan fingerprint density at radius 1 is 0.431 bits per heavy atom. The fraction of sp³-hybridized carbons (Fsp3) is 0.0417. The molecule has 9 aromatic rings. The molecule has 3 heteroatoms. The van der Waals surface area contributed by atoms with E-state index in [4.69, 9.17) is 14.4 Å². The van der Waals surface area contributed by atoms with Gasteiger partial charge in [0.25, 0.3) is 0 Å². The molecule has 0 bridgehead atoms. The minimum absolute atomic E-state index is 0.244. The molecule has 2 aromatic heterocycles. The molecular weight excluding hydrogens is 621 g/mol. The molecule has 0 fully saturated rings. The lowest BCUT2D eigenvalue weighted by atomic mass is 9.74. The van der Waals surface area contributed by atoms with Crippen molar-refractivity contribution in [3.8, 4) is 56.2 Å². The van der Waals surface area contributed by atoms with Gasteiger partial charge >= 0.3 is 0 Å². The van der Waals surface area contributed by atoms with E-state index in [2.05, 4.69) is 153 Å². The molecule has 51 heavy (non-hydrogen) atoms. The largest absolute Gasteiger partial charge is 0.455 e. The lowest BCUT2D eigenvalue weighted by molar-refractivity contribution is 0.670. The molecule has 1 atom stereocenters. The third-order valence-corrected chi connectivity index (χ3v) is 10.6. The van der Waals surface area contributed by atoms with Crippen LogP contribution in [-0.2, 0) is 5.41 Å². The number of furan rings is 1. The average molecular weight is 653 g/mol. The smallest absolute Gasteiger partial charge is 0.160 e. The minimum Gasteiger partial charge on any atom is -0.455 e. The van der Waals surface area contributed by atoms with Gasteiger partial charge in [0, 0.05) is 38.4 Å². The molecule has 3 nitrogen and oxygen atoms in total. The highest BCUT2D eigenvalue weighted by atomic mass is 16.3. The van der Waals surface area contributed by atoms with Crippen molar-refractivity contribution >= 4 is 21.9 Å². The molecule has 1 aliphatic rings. The molecule has 0 amide bonds. The van der Waals surface area contributed by atoms with Gasteiger partial charge in [-0.05, 0) is 58.5 Å². The van der Waals surface area contributed by atoms with Crippen LogP contribution < -0.4 is 0 Å². The molecule has 0 radical (unpaired) electrons. The summed E-state index contributed by atoms with van der Waals surface area (Å²) in [7, 11) is 0. The Bertz CT molecular complexity index is 2750. The van der Waals surface area contributed by atoms with E-state index in [0.29, 0.717) is 5.82 Å². The van der Waals surface area contributed by atoms with Crippen molar-refractivity contribution in [3.63, 3.8) is 0 Å². The maximum Gasteiger partial charge on any atom is 0.160 e. The topological polar surface area (TPSA) is 38.9 Å². The van der Waals surface area contributed by atoms with Crippen molar-refractivity contribution < 1.29 is 4.42 Å². The summed E-state index contributed by atoms with van der Waals surface area (Å²) in [5.74, 6) is 0.703. The first kappa shape index (κ1) is 29.3. The number of benzene rings is 7. The number of aromatic nitrogens is 2. The van der Waals surface area contributed by atoms with Crippen molar-refractivity contribution in [1.82, 2.24) is 9.97 Å². The van der Waals surface area contributed by atoms with E-state index in [9.17, 15) is 0 Å². The first-order chi connectivity index (χ1) is 25.1. The molecule has 0 saturated heterocycles. The lowest BCUT2D eigenvalue weighted by Crippen LogP contribution is -2.22. The molecule has 10 rings (SSSR count). The summed E-state index contributed by atoms with van der Waals surface area (Å²) in [6.45, 7) is 2.35. The number of para-hydroxylation sites is 2. The predicted molar refractivity (Wildman–Crippen MR) is 208 cm³/mol. The van der Waals surface area contributed by atoms with E-state index < -0.39 is 0 Å². The van der Waals surface area contributed by atoms with E-state index >= 15 is 0 Å². The Balaban J connectivity index is 1.09. The zero-order valence-corrected chi connectivity index (χ0v) is 28.0. The number of nitrogens with zero attached hydrogens (tertiary/aromatic N) is 2. The van der Waals surface area contributed by atoms with Gasteiger partial charge in [0.05, 0.1) is 11.4 Å². The molecular formula is C48H32N2O. The molecule has 1 unspecified atom stereocenters. The van der Waals surface area contributed by atoms with Crippen molar-refractivity contribution in [2.45, 2.75) is 12.3 Å². The van der Waals surface area contributed by atoms with E-state index in [-0.39, 0.29) is 5.41 Å². The van der Waals surface area contributed by atoms with Crippen molar-refractivity contribution in [3.05, 3.63) is 193 Å². The molecule has 240 valence electrons. The SMILES string of the molecule is CC1(c2ccccc2)c2ccccc2-c2cc(-c3cc(-c4ccc(-c5cccc6c5oc5ccccc56)cc4)nc(-c4ccccc4)n3)ccc21. The van der Waals surface area contributed by atoms with Crippen LogP contribution in [0.3, 0.4) is 0 Å². The Morgan fingerprint density at radius 2 is 1.04 bits per heavy atom. The summed E-state index contributed by atoms with van der Waals surface area (Å²) in [5, 5.41) is 2.26. The third kappa shape index (κ3) is 4.66. The highest BCUT2D eigenvalue weighted by Crippen LogP contribution is 2.53. The van der Waals surface area contributed by atoms with Crippen molar-refractivity contribution in [2.75, 3.05) is 0 Å². The van der Waals surface area contributed by atoms with Crippen LogP contribution >= 0.6 is 0 Å². The second-order valence-corrected chi connectivity index (χ2v) is 13.5. The van der Waals surface area contributed by atoms with Crippen LogP contribution in [0.1, 0.15) is 23.6 Å². The Morgan fingerprint density at radius 3 is 1.86 bits per heavy atom. The Labute approximate surface area is 296 Å². The summed E-state index contributed by atoms with van der Waals surface area (Å²) in [4.78, 5) is 10.3. The third-order valence-electron chi connectivity index (χ3n) is 10.6. The van der Waals surface area contributed by atoms with E-state index in [1.165, 1.54) is 27.8 Å². The van der Waals surface area contributed by atoms with Gasteiger partial charge in [0.1, 0.15) is 11.2 Å². The van der Waals surface area contributed by atoms with Gasteiger partial charge in [0.2, 0.25) is 0 Å². The summed E-state index contributed by atoms with van der Waals surface area (Å²) >= 11 is 0. The first-order valence-corrected chi connectivity index (χ1v) is 17.4. The van der Waals surface area contributed by atoms with Crippen molar-refractivity contribution in [1.29, 1.82) is 0 Å². The second-order valence-electron chi connectivity index (χ2n) is 13.5. The van der Waals surface area contributed by atoms with E-state index in [1.807, 2.05) is 30.3 Å². The molecule has 0 aliphatic heterocycles. The fourth-order valence-corrected chi connectivity index (χ4v) is 8.00. The molecule has 0 spiro atoms. The van der Waals surface area contributed by atoms with Gasteiger partial charge in [0.15, 0.2) is 5.82 Å². The van der Waals surface area contributed by atoms with Gasteiger partial charge in [-0.15, -0.1) is 0 Å². The summed E-state index contributed by atoms with van der Waals surface area (Å²) in [6, 6.07) is 62.1. The van der Waals surface area contributed by atoms with E-state index in [0.717, 1.165) is 61.1 Å². The zero-order chi connectivity index (χ0) is 33.9. The molecule has 1 aliphatic carbocycles. The van der Waals surface area contributed by atoms with Gasteiger partial charge in [-0.3, -0.25) is 0 Å². The Kier molecular flexibility index (Phi) is 6.62. The summed E-state index contributed by atoms with van der Waals surface area (Å²) in [6.07, 6.45) is 0. The maximum atomic E-state index is 6.35. The summed E-state index contributed by atoms with van der Waals surface area (Å²) in [5.41, 5.74) is 15.0. The van der Waals surface area contributed by atoms with Crippen LogP contribution in [0.4, 0.5) is 0 Å². The molecule has 0 saturated carbocycles. The van der Waals surface area contributed by atoms with Crippen LogP contribution in [0.5, 0.6) is 0 Å². The lowest BCUT2D eigenvalue weighted by Gasteiger charge is -2.28. The van der Waals surface area contributed by atoms with Gasteiger partial charge in [-0.2, -0.15) is 0 Å². The molecule has 7 aromatic carbocycles. The summed E-state index contributed by atoms with van der Waals surface area (Å²) < 4.78 is 6.35. The average Bonchev–Trinajstić information content (AvgIpc) is 3.72. The van der Waals surface area contributed by atoms with Gasteiger partial charge < -0.3 is 4.42 Å². The standard InChI is InChI=1S/C48H32N2O/c1-48(35-15-6-3-7-16-35)41-21-10-8-17-37(41)40-29-34(27-28-42(40)48)44-30-43(49-47(50-44)33-13-4-2-5-14-33)32-25-23-31(24-26-32)36-19-12-20-39-38-18-9-11-22-45(38)51-46(36)39/h2-30H,1H3. The quantitative estimate of drug-likeness (QED) is 0.186. The number of hydrogen-bond donors (Lipinski definition) is 0. The highest BCUT2D eigenvalue weighted by Gasteiger charge is 2.40. The van der Waals surface area contributed by atoms with E-state index in [1.54, 1.807) is 0 Å². The number of rotatable bonds is 5. The van der Waals surface area contributed by atoms with Gasteiger partial charge in [-0.25, -0.2) is 9.97 Å². The van der Waals surface area contributed by atoms with Crippen molar-refractivity contribution in [2.24, 2.45) is 0 Å². The maximum absolute atomic E-state index is 6.35. The number of fused-ring (bicyclic) bond motifs is 6. The van der Waals surface area contributed by atoms with Crippen LogP contribution in [-0.4, -0.2) is 9.97 Å². The minimum atomic E-state index is -0.244.